The maximum Gasteiger partial charge on any atom is 0.253 e. The van der Waals surface area contributed by atoms with Gasteiger partial charge < -0.3 is 15.5 Å². The minimum absolute atomic E-state index is 0.172. The third-order valence-corrected chi connectivity index (χ3v) is 5.14. The fraction of sp³-hybridized carbons (Fsp3) is 0.375. The number of nitrogens with zero attached hydrogens (tertiary/aromatic N) is 1. The lowest BCUT2D eigenvalue weighted by Gasteiger charge is -2.31. The number of likely N-dealkylation sites (tertiary alicyclic amines) is 1. The van der Waals surface area contributed by atoms with Crippen LogP contribution in [-0.4, -0.2) is 41.2 Å². The molecular weight excluding hydrogens is 397 g/mol. The Labute approximate surface area is 181 Å². The van der Waals surface area contributed by atoms with Gasteiger partial charge in [0.1, 0.15) is 5.82 Å². The zero-order valence-electron chi connectivity index (χ0n) is 18.1. The number of piperidine rings is 1. The van der Waals surface area contributed by atoms with E-state index in [-0.39, 0.29) is 23.6 Å². The first-order chi connectivity index (χ1) is 14.6. The molecule has 0 aromatic heterocycles. The summed E-state index contributed by atoms with van der Waals surface area (Å²) in [5, 5.41) is 5.78. The molecule has 164 valence electrons. The summed E-state index contributed by atoms with van der Waals surface area (Å²) in [5.41, 5.74) is 0.786. The molecule has 2 N–H and O–H groups in total. The number of para-hydroxylation sites is 1. The summed E-state index contributed by atoms with van der Waals surface area (Å²) in [5.74, 6) is -1.38. The summed E-state index contributed by atoms with van der Waals surface area (Å²) in [6.45, 7) is 6.51. The molecule has 1 heterocycles. The molecule has 0 unspecified atom stereocenters. The van der Waals surface area contributed by atoms with Gasteiger partial charge in [-0.2, -0.15) is 0 Å². The van der Waals surface area contributed by atoms with Crippen LogP contribution in [0.2, 0.25) is 0 Å². The minimum atomic E-state index is -0.450. The minimum Gasteiger partial charge on any atom is -0.347 e. The van der Waals surface area contributed by atoms with Crippen LogP contribution < -0.4 is 10.6 Å². The molecule has 2 aromatic rings. The highest BCUT2D eigenvalue weighted by atomic mass is 19.1. The third-order valence-electron chi connectivity index (χ3n) is 5.14. The molecule has 31 heavy (non-hydrogen) atoms. The van der Waals surface area contributed by atoms with Crippen molar-refractivity contribution in [2.24, 2.45) is 5.92 Å². The topological polar surface area (TPSA) is 78.5 Å². The Kier molecular flexibility index (Phi) is 6.73. The van der Waals surface area contributed by atoms with E-state index in [0.717, 1.165) is 0 Å². The van der Waals surface area contributed by atoms with Gasteiger partial charge in [-0.05, 0) is 63.9 Å². The fourth-order valence-corrected chi connectivity index (χ4v) is 3.58. The highest BCUT2D eigenvalue weighted by molar-refractivity contribution is 6.04. The highest BCUT2D eigenvalue weighted by Crippen LogP contribution is 2.23. The van der Waals surface area contributed by atoms with E-state index in [9.17, 15) is 18.8 Å². The second-order valence-corrected chi connectivity index (χ2v) is 8.82. The second kappa shape index (κ2) is 9.29. The van der Waals surface area contributed by atoms with Crippen LogP contribution in [0, 0.1) is 11.7 Å². The van der Waals surface area contributed by atoms with Gasteiger partial charge in [0.05, 0.1) is 11.3 Å². The predicted octanol–water partition coefficient (Wildman–Crippen LogP) is 3.84. The molecule has 3 amide bonds. The van der Waals surface area contributed by atoms with Gasteiger partial charge >= 0.3 is 0 Å². The number of hydrogen-bond donors (Lipinski definition) is 2. The van der Waals surface area contributed by atoms with Crippen LogP contribution >= 0.6 is 0 Å². The van der Waals surface area contributed by atoms with Crippen LogP contribution in [0.1, 0.15) is 54.3 Å². The Morgan fingerprint density at radius 1 is 1.00 bits per heavy atom. The Balaban J connectivity index is 1.61. The van der Waals surface area contributed by atoms with E-state index >= 15 is 0 Å². The first kappa shape index (κ1) is 22.5. The number of amides is 3. The molecular formula is C24H28FN3O3. The van der Waals surface area contributed by atoms with Crippen molar-refractivity contribution in [1.29, 1.82) is 0 Å². The number of halogens is 1. The quantitative estimate of drug-likeness (QED) is 0.781. The normalized spacial score (nSPS) is 14.8. The van der Waals surface area contributed by atoms with Crippen molar-refractivity contribution >= 4 is 23.4 Å². The molecule has 2 aromatic carbocycles. The molecule has 3 rings (SSSR count). The lowest BCUT2D eigenvalue weighted by Crippen LogP contribution is -2.42. The molecule has 0 bridgehead atoms. The van der Waals surface area contributed by atoms with Gasteiger partial charge in [0.25, 0.3) is 11.8 Å². The molecule has 0 saturated carbocycles. The second-order valence-electron chi connectivity index (χ2n) is 8.82. The predicted molar refractivity (Wildman–Crippen MR) is 117 cm³/mol. The molecule has 6 nitrogen and oxygen atoms in total. The molecule has 0 aliphatic carbocycles. The summed E-state index contributed by atoms with van der Waals surface area (Å²) in [4.78, 5) is 39.6. The number of nitrogens with one attached hydrogen (secondary N) is 2. The van der Waals surface area contributed by atoms with Gasteiger partial charge in [0.15, 0.2) is 0 Å². The largest absolute Gasteiger partial charge is 0.347 e. The molecule has 0 radical (unpaired) electrons. The summed E-state index contributed by atoms with van der Waals surface area (Å²) >= 11 is 0. The van der Waals surface area contributed by atoms with Crippen LogP contribution in [0.3, 0.4) is 0 Å². The van der Waals surface area contributed by atoms with E-state index in [1.54, 1.807) is 35.2 Å². The monoisotopic (exact) mass is 425 g/mol. The molecule has 7 heteroatoms. The lowest BCUT2D eigenvalue weighted by molar-refractivity contribution is -0.121. The Morgan fingerprint density at radius 2 is 1.68 bits per heavy atom. The first-order valence-corrected chi connectivity index (χ1v) is 10.4. The summed E-state index contributed by atoms with van der Waals surface area (Å²) in [6.07, 6.45) is 1.01. The molecule has 1 aliphatic rings. The van der Waals surface area contributed by atoms with E-state index in [0.29, 0.717) is 42.7 Å². The van der Waals surface area contributed by atoms with Gasteiger partial charge in [0, 0.05) is 30.1 Å². The van der Waals surface area contributed by atoms with E-state index < -0.39 is 11.4 Å². The van der Waals surface area contributed by atoms with E-state index in [1.807, 2.05) is 20.8 Å². The highest BCUT2D eigenvalue weighted by Gasteiger charge is 2.29. The zero-order valence-corrected chi connectivity index (χ0v) is 18.1. The summed E-state index contributed by atoms with van der Waals surface area (Å²) < 4.78 is 13.4. The number of rotatable bonds is 4. The van der Waals surface area contributed by atoms with E-state index in [2.05, 4.69) is 10.6 Å². The van der Waals surface area contributed by atoms with Crippen molar-refractivity contribution in [3.63, 3.8) is 0 Å². The van der Waals surface area contributed by atoms with Crippen LogP contribution in [0.5, 0.6) is 0 Å². The lowest BCUT2D eigenvalue weighted by atomic mass is 9.95. The van der Waals surface area contributed by atoms with Crippen molar-refractivity contribution in [3.8, 4) is 0 Å². The molecule has 0 spiro atoms. The van der Waals surface area contributed by atoms with Crippen LogP contribution in [-0.2, 0) is 4.79 Å². The molecule has 0 atom stereocenters. The number of hydrogen-bond acceptors (Lipinski definition) is 3. The van der Waals surface area contributed by atoms with Gasteiger partial charge in [-0.1, -0.05) is 18.2 Å². The van der Waals surface area contributed by atoms with E-state index in [4.69, 9.17) is 0 Å². The van der Waals surface area contributed by atoms with Crippen molar-refractivity contribution in [2.75, 3.05) is 18.4 Å². The SMILES string of the molecule is CC(C)(C)NC(=O)c1ccccc1NC(=O)C1CCN(C(=O)c2cccc(F)c2)CC1. The smallest absolute Gasteiger partial charge is 0.253 e. The third kappa shape index (κ3) is 5.90. The number of anilines is 1. The molecule has 1 saturated heterocycles. The fourth-order valence-electron chi connectivity index (χ4n) is 3.58. The average Bonchev–Trinajstić information content (AvgIpc) is 2.72. The van der Waals surface area contributed by atoms with Gasteiger partial charge in [-0.25, -0.2) is 4.39 Å². The standard InChI is InChI=1S/C24H28FN3O3/c1-24(2,3)27-22(30)19-9-4-5-10-20(19)26-21(29)16-11-13-28(14-12-16)23(31)17-7-6-8-18(25)15-17/h4-10,15-16H,11-14H2,1-3H3,(H,26,29)(H,27,30). The van der Waals surface area contributed by atoms with Crippen LogP contribution in [0.15, 0.2) is 48.5 Å². The first-order valence-electron chi connectivity index (χ1n) is 10.4. The summed E-state index contributed by atoms with van der Waals surface area (Å²) in [7, 11) is 0. The molecule has 1 fully saturated rings. The number of carbonyl (C=O) groups excluding carboxylic acids is 3. The van der Waals surface area contributed by atoms with Crippen molar-refractivity contribution in [1.82, 2.24) is 10.2 Å². The zero-order chi connectivity index (χ0) is 22.6. The van der Waals surface area contributed by atoms with E-state index in [1.165, 1.54) is 18.2 Å². The molecule has 1 aliphatic heterocycles. The van der Waals surface area contributed by atoms with Gasteiger partial charge in [-0.3, -0.25) is 14.4 Å². The van der Waals surface area contributed by atoms with Crippen LogP contribution in [0.25, 0.3) is 0 Å². The number of carbonyl (C=O) groups is 3. The maximum absolute atomic E-state index is 13.4. The van der Waals surface area contributed by atoms with Crippen molar-refractivity contribution in [2.45, 2.75) is 39.2 Å². The van der Waals surface area contributed by atoms with Crippen molar-refractivity contribution < 1.29 is 18.8 Å². The van der Waals surface area contributed by atoms with Gasteiger partial charge in [0.2, 0.25) is 5.91 Å². The Morgan fingerprint density at radius 3 is 2.32 bits per heavy atom. The van der Waals surface area contributed by atoms with Gasteiger partial charge in [-0.15, -0.1) is 0 Å². The Hall–Kier alpha value is -3.22. The van der Waals surface area contributed by atoms with Crippen molar-refractivity contribution in [3.05, 3.63) is 65.5 Å². The van der Waals surface area contributed by atoms with Crippen LogP contribution in [0.4, 0.5) is 10.1 Å². The number of benzene rings is 2. The average molecular weight is 426 g/mol. The Bertz CT molecular complexity index is 976. The maximum atomic E-state index is 13.4. The summed E-state index contributed by atoms with van der Waals surface area (Å²) in [6, 6.07) is 12.5.